The van der Waals surface area contributed by atoms with Gasteiger partial charge >= 0.3 is 0 Å². The zero-order valence-corrected chi connectivity index (χ0v) is 17.7. The molecule has 0 radical (unpaired) electrons. The van der Waals surface area contributed by atoms with Crippen LogP contribution in [0.5, 0.6) is 0 Å². The van der Waals surface area contributed by atoms with Gasteiger partial charge in [-0.2, -0.15) is 5.10 Å². The number of benzene rings is 1. The molecule has 0 saturated carbocycles. The van der Waals surface area contributed by atoms with Crippen molar-refractivity contribution in [1.82, 2.24) is 25.7 Å². The lowest BCUT2D eigenvalue weighted by Crippen LogP contribution is -2.28. The summed E-state index contributed by atoms with van der Waals surface area (Å²) < 4.78 is 0. The summed E-state index contributed by atoms with van der Waals surface area (Å²) in [5.41, 5.74) is 4.94. The summed E-state index contributed by atoms with van der Waals surface area (Å²) >= 11 is 0. The number of hydrogen-bond acceptors (Lipinski definition) is 4. The van der Waals surface area contributed by atoms with Crippen LogP contribution in [0.1, 0.15) is 46.7 Å². The third-order valence-electron chi connectivity index (χ3n) is 4.78. The molecular formula is C19H29Cl2N5O. The number of nitrogens with zero attached hydrogens (tertiary/aromatic N) is 2. The summed E-state index contributed by atoms with van der Waals surface area (Å²) in [6.45, 7) is 7.40. The van der Waals surface area contributed by atoms with Gasteiger partial charge in [-0.15, -0.1) is 24.8 Å². The number of aromatic amines is 1. The molecule has 0 saturated heterocycles. The van der Waals surface area contributed by atoms with E-state index in [0.29, 0.717) is 24.8 Å². The summed E-state index contributed by atoms with van der Waals surface area (Å²) in [5, 5.41) is 13.5. The van der Waals surface area contributed by atoms with Crippen molar-refractivity contribution in [1.29, 1.82) is 0 Å². The van der Waals surface area contributed by atoms with E-state index in [9.17, 15) is 4.79 Å². The molecule has 0 aliphatic carbocycles. The monoisotopic (exact) mass is 413 g/mol. The molecule has 0 fully saturated rings. The van der Waals surface area contributed by atoms with Crippen LogP contribution in [-0.2, 0) is 26.1 Å². The molecule has 2 heterocycles. The van der Waals surface area contributed by atoms with Crippen molar-refractivity contribution < 1.29 is 4.79 Å². The Labute approximate surface area is 173 Å². The van der Waals surface area contributed by atoms with E-state index in [1.165, 1.54) is 5.56 Å². The molecule has 150 valence electrons. The van der Waals surface area contributed by atoms with Gasteiger partial charge in [-0.1, -0.05) is 24.3 Å². The van der Waals surface area contributed by atoms with E-state index in [2.05, 4.69) is 58.8 Å². The Balaban J connectivity index is 0.00000182. The normalized spacial score (nSPS) is 12.9. The number of rotatable bonds is 6. The molecule has 1 aliphatic heterocycles. The number of nitrogens with one attached hydrogen (secondary N) is 3. The minimum absolute atomic E-state index is 0. The van der Waals surface area contributed by atoms with Crippen LogP contribution in [0.2, 0.25) is 0 Å². The van der Waals surface area contributed by atoms with Crippen molar-refractivity contribution in [3.05, 3.63) is 52.3 Å². The standard InChI is InChI=1S/C19H27N5O.2ClH/c1-13(2)24(3)12-15-6-4-5-14(9-15)10-21-19(25)18-16-11-20-8-7-17(16)22-23-18;;/h4-6,9,13,20H,7-8,10-12H2,1-3H3,(H,21,25)(H,22,23);2*1H. The molecule has 27 heavy (non-hydrogen) atoms. The molecular weight excluding hydrogens is 385 g/mol. The van der Waals surface area contributed by atoms with Gasteiger partial charge in [-0.25, -0.2) is 0 Å². The number of fused-ring (bicyclic) bond motifs is 1. The third-order valence-corrected chi connectivity index (χ3v) is 4.78. The molecule has 8 heteroatoms. The van der Waals surface area contributed by atoms with Gasteiger partial charge in [-0.3, -0.25) is 14.8 Å². The Bertz CT molecular complexity index is 747. The maximum Gasteiger partial charge on any atom is 0.272 e. The second kappa shape index (κ2) is 10.7. The first-order valence-electron chi connectivity index (χ1n) is 8.87. The van der Waals surface area contributed by atoms with Crippen LogP contribution in [-0.4, -0.2) is 40.6 Å². The zero-order chi connectivity index (χ0) is 17.8. The van der Waals surface area contributed by atoms with E-state index < -0.39 is 0 Å². The minimum Gasteiger partial charge on any atom is -0.347 e. The predicted molar refractivity (Wildman–Crippen MR) is 113 cm³/mol. The highest BCUT2D eigenvalue weighted by Gasteiger charge is 2.21. The van der Waals surface area contributed by atoms with Gasteiger partial charge in [-0.05, 0) is 32.0 Å². The highest BCUT2D eigenvalue weighted by Crippen LogP contribution is 2.15. The Hall–Kier alpha value is -1.60. The number of halogens is 2. The van der Waals surface area contributed by atoms with Crippen LogP contribution >= 0.6 is 24.8 Å². The number of H-pyrrole nitrogens is 1. The minimum atomic E-state index is -0.120. The third kappa shape index (κ3) is 5.94. The van der Waals surface area contributed by atoms with Crippen molar-refractivity contribution in [2.75, 3.05) is 13.6 Å². The fourth-order valence-corrected chi connectivity index (χ4v) is 2.99. The molecule has 2 aromatic rings. The van der Waals surface area contributed by atoms with Gasteiger partial charge < -0.3 is 10.6 Å². The van der Waals surface area contributed by atoms with Crippen molar-refractivity contribution in [2.24, 2.45) is 0 Å². The van der Waals surface area contributed by atoms with E-state index in [4.69, 9.17) is 0 Å². The van der Waals surface area contributed by atoms with Gasteiger partial charge in [0.1, 0.15) is 0 Å². The van der Waals surface area contributed by atoms with Crippen LogP contribution in [0, 0.1) is 0 Å². The second-order valence-corrected chi connectivity index (χ2v) is 6.97. The molecule has 0 spiro atoms. The predicted octanol–water partition coefficient (Wildman–Crippen LogP) is 2.67. The molecule has 1 aliphatic rings. The zero-order valence-electron chi connectivity index (χ0n) is 16.0. The lowest BCUT2D eigenvalue weighted by Gasteiger charge is -2.21. The summed E-state index contributed by atoms with van der Waals surface area (Å²) in [5.74, 6) is -0.120. The van der Waals surface area contributed by atoms with E-state index in [-0.39, 0.29) is 30.7 Å². The first kappa shape index (κ1) is 23.4. The van der Waals surface area contributed by atoms with E-state index in [0.717, 1.165) is 36.3 Å². The average molecular weight is 414 g/mol. The topological polar surface area (TPSA) is 73.0 Å². The highest BCUT2D eigenvalue weighted by atomic mass is 35.5. The molecule has 3 N–H and O–H groups in total. The quantitative estimate of drug-likeness (QED) is 0.680. The van der Waals surface area contributed by atoms with Crippen molar-refractivity contribution in [3.8, 4) is 0 Å². The lowest BCUT2D eigenvalue weighted by molar-refractivity contribution is 0.0944. The number of amides is 1. The average Bonchev–Trinajstić information content (AvgIpc) is 3.04. The van der Waals surface area contributed by atoms with Gasteiger partial charge in [0.2, 0.25) is 0 Å². The molecule has 3 rings (SSSR count). The van der Waals surface area contributed by atoms with E-state index in [1.54, 1.807) is 0 Å². The van der Waals surface area contributed by atoms with Crippen molar-refractivity contribution in [2.45, 2.75) is 45.9 Å². The molecule has 1 amide bonds. The van der Waals surface area contributed by atoms with Crippen LogP contribution in [0.4, 0.5) is 0 Å². The Morgan fingerprint density at radius 3 is 2.78 bits per heavy atom. The first-order chi connectivity index (χ1) is 12.0. The fourth-order valence-electron chi connectivity index (χ4n) is 2.99. The second-order valence-electron chi connectivity index (χ2n) is 6.97. The summed E-state index contributed by atoms with van der Waals surface area (Å²) in [4.78, 5) is 14.8. The largest absolute Gasteiger partial charge is 0.347 e. The number of aromatic nitrogens is 2. The molecule has 0 unspecified atom stereocenters. The van der Waals surface area contributed by atoms with Crippen LogP contribution < -0.4 is 10.6 Å². The highest BCUT2D eigenvalue weighted by molar-refractivity contribution is 5.94. The van der Waals surface area contributed by atoms with E-state index in [1.807, 2.05) is 12.1 Å². The Morgan fingerprint density at radius 2 is 2.04 bits per heavy atom. The Kier molecular flexibility index (Phi) is 9.26. The Morgan fingerprint density at radius 1 is 1.30 bits per heavy atom. The molecule has 6 nitrogen and oxygen atoms in total. The van der Waals surface area contributed by atoms with Crippen LogP contribution in [0.3, 0.4) is 0 Å². The van der Waals surface area contributed by atoms with Gasteiger partial charge in [0, 0.05) is 49.9 Å². The molecule has 1 aromatic carbocycles. The maximum atomic E-state index is 12.5. The summed E-state index contributed by atoms with van der Waals surface area (Å²) in [7, 11) is 2.12. The summed E-state index contributed by atoms with van der Waals surface area (Å²) in [6.07, 6.45) is 0.890. The van der Waals surface area contributed by atoms with Gasteiger partial charge in [0.15, 0.2) is 5.69 Å². The fraction of sp³-hybridized carbons (Fsp3) is 0.474. The molecule has 0 atom stereocenters. The number of carbonyl (C=O) groups is 1. The number of carbonyl (C=O) groups excluding carboxylic acids is 1. The van der Waals surface area contributed by atoms with Gasteiger partial charge in [0.25, 0.3) is 5.91 Å². The molecule has 0 bridgehead atoms. The van der Waals surface area contributed by atoms with Crippen LogP contribution in [0.15, 0.2) is 24.3 Å². The van der Waals surface area contributed by atoms with Crippen LogP contribution in [0.25, 0.3) is 0 Å². The smallest absolute Gasteiger partial charge is 0.272 e. The first-order valence-corrected chi connectivity index (χ1v) is 8.87. The SMILES string of the molecule is CC(C)N(C)Cc1cccc(CNC(=O)c2n[nH]c3c2CNCC3)c1.Cl.Cl. The maximum absolute atomic E-state index is 12.5. The van der Waals surface area contributed by atoms with Crippen molar-refractivity contribution in [3.63, 3.8) is 0 Å². The van der Waals surface area contributed by atoms with E-state index >= 15 is 0 Å². The molecule has 1 aromatic heterocycles. The van der Waals surface area contributed by atoms with Gasteiger partial charge in [0.05, 0.1) is 0 Å². The lowest BCUT2D eigenvalue weighted by atomic mass is 10.1. The van der Waals surface area contributed by atoms with Crippen molar-refractivity contribution >= 4 is 30.7 Å². The number of hydrogen-bond donors (Lipinski definition) is 3. The summed E-state index contributed by atoms with van der Waals surface area (Å²) in [6, 6.07) is 8.87.